The minimum Gasteiger partial charge on any atom is -0.476 e. The fourth-order valence-electron chi connectivity index (χ4n) is 1.30. The lowest BCUT2D eigenvalue weighted by molar-refractivity contribution is 0.0686. The quantitative estimate of drug-likeness (QED) is 0.818. The Morgan fingerprint density at radius 2 is 2.00 bits per heavy atom. The summed E-state index contributed by atoms with van der Waals surface area (Å²) in [6, 6.07) is -0.268. The third-order valence-corrected chi connectivity index (χ3v) is 4.65. The molecule has 0 aliphatic heterocycles. The van der Waals surface area contributed by atoms with Crippen molar-refractivity contribution >= 4 is 16.0 Å². The summed E-state index contributed by atoms with van der Waals surface area (Å²) in [6.07, 6.45) is 0. The summed E-state index contributed by atoms with van der Waals surface area (Å²) in [5.41, 5.74) is -0.259. The molecule has 0 saturated carbocycles. The number of carboxylic acids is 1. The Balaban J connectivity index is 3.43. The Morgan fingerprint density at radius 3 is 2.41 bits per heavy atom. The van der Waals surface area contributed by atoms with Crippen LogP contribution in [0.2, 0.25) is 0 Å². The lowest BCUT2D eigenvalue weighted by Gasteiger charge is -2.20. The molecule has 0 saturated heterocycles. The van der Waals surface area contributed by atoms with Gasteiger partial charge in [-0.2, -0.15) is 9.40 Å². The maximum atomic E-state index is 12.2. The van der Waals surface area contributed by atoms with E-state index in [-0.39, 0.29) is 16.6 Å². The number of aromatic nitrogens is 2. The Morgan fingerprint density at radius 1 is 1.47 bits per heavy atom. The van der Waals surface area contributed by atoms with Crippen LogP contribution in [0, 0.1) is 6.92 Å². The maximum Gasteiger partial charge on any atom is 0.357 e. The molecule has 0 aromatic carbocycles. The lowest BCUT2D eigenvalue weighted by Crippen LogP contribution is -2.34. The molecule has 0 radical (unpaired) electrons. The van der Waals surface area contributed by atoms with Crippen molar-refractivity contribution in [2.45, 2.75) is 31.7 Å². The number of carbonyl (C=O) groups is 1. The number of aromatic amines is 1. The number of nitrogens with zero attached hydrogens (tertiary/aromatic N) is 2. The molecule has 17 heavy (non-hydrogen) atoms. The van der Waals surface area contributed by atoms with Gasteiger partial charge in [-0.3, -0.25) is 5.10 Å². The Hall–Kier alpha value is -1.41. The highest BCUT2D eigenvalue weighted by molar-refractivity contribution is 7.89. The van der Waals surface area contributed by atoms with Gasteiger partial charge < -0.3 is 5.11 Å². The van der Waals surface area contributed by atoms with Gasteiger partial charge in [-0.1, -0.05) is 0 Å². The fraction of sp³-hybridized carbons (Fsp3) is 0.556. The van der Waals surface area contributed by atoms with E-state index in [0.717, 1.165) is 4.31 Å². The van der Waals surface area contributed by atoms with E-state index in [2.05, 4.69) is 10.2 Å². The maximum absolute atomic E-state index is 12.2. The summed E-state index contributed by atoms with van der Waals surface area (Å²) >= 11 is 0. The average molecular weight is 261 g/mol. The van der Waals surface area contributed by atoms with Crippen LogP contribution in [-0.2, 0) is 10.0 Å². The van der Waals surface area contributed by atoms with Crippen molar-refractivity contribution in [1.29, 1.82) is 0 Å². The van der Waals surface area contributed by atoms with Crippen LogP contribution in [0.15, 0.2) is 4.90 Å². The lowest BCUT2D eigenvalue weighted by atomic mass is 10.4. The molecule has 0 amide bonds. The number of nitrogens with one attached hydrogen (secondary N) is 1. The molecule has 0 aliphatic carbocycles. The minimum atomic E-state index is -3.84. The van der Waals surface area contributed by atoms with Crippen LogP contribution in [-0.4, -0.2) is 47.1 Å². The second-order valence-corrected chi connectivity index (χ2v) is 5.88. The topological polar surface area (TPSA) is 103 Å². The van der Waals surface area contributed by atoms with Crippen LogP contribution in [0.25, 0.3) is 0 Å². The van der Waals surface area contributed by atoms with Gasteiger partial charge in [-0.05, 0) is 20.8 Å². The molecule has 0 bridgehead atoms. The zero-order valence-electron chi connectivity index (χ0n) is 10.1. The van der Waals surface area contributed by atoms with Crippen LogP contribution in [0.1, 0.15) is 30.0 Å². The van der Waals surface area contributed by atoms with Crippen LogP contribution < -0.4 is 0 Å². The Labute approximate surface area is 99.5 Å². The summed E-state index contributed by atoms with van der Waals surface area (Å²) in [5, 5.41) is 14.8. The van der Waals surface area contributed by atoms with E-state index in [0.29, 0.717) is 0 Å². The number of aromatic carboxylic acids is 1. The SMILES string of the molecule is Cc1[nH]nc(C(=O)O)c1S(=O)(=O)N(C)C(C)C. The van der Waals surface area contributed by atoms with E-state index in [1.165, 1.54) is 14.0 Å². The van der Waals surface area contributed by atoms with Gasteiger partial charge in [-0.25, -0.2) is 13.2 Å². The number of rotatable bonds is 4. The summed E-state index contributed by atoms with van der Waals surface area (Å²) in [7, 11) is -2.44. The molecule has 0 unspecified atom stereocenters. The van der Waals surface area contributed by atoms with Gasteiger partial charge in [-0.15, -0.1) is 0 Å². The molecule has 0 fully saturated rings. The van der Waals surface area contributed by atoms with Crippen LogP contribution in [0.5, 0.6) is 0 Å². The van der Waals surface area contributed by atoms with Gasteiger partial charge in [0, 0.05) is 13.1 Å². The predicted octanol–water partition coefficient (Wildman–Crippen LogP) is 0.445. The first-order valence-electron chi connectivity index (χ1n) is 4.96. The largest absolute Gasteiger partial charge is 0.476 e. The molecule has 2 N–H and O–H groups in total. The van der Waals surface area contributed by atoms with Gasteiger partial charge in [0.15, 0.2) is 5.69 Å². The number of hydrogen-bond donors (Lipinski definition) is 2. The fourth-order valence-corrected chi connectivity index (χ4v) is 2.95. The molecule has 1 heterocycles. The van der Waals surface area contributed by atoms with E-state index < -0.39 is 21.7 Å². The molecule has 0 spiro atoms. The van der Waals surface area contributed by atoms with Crippen molar-refractivity contribution in [3.8, 4) is 0 Å². The van der Waals surface area contributed by atoms with Crippen molar-refractivity contribution in [2.75, 3.05) is 7.05 Å². The molecule has 0 aliphatic rings. The van der Waals surface area contributed by atoms with Crippen LogP contribution in [0.3, 0.4) is 0 Å². The molecule has 1 aromatic rings. The Bertz CT molecular complexity index is 532. The summed E-state index contributed by atoms with van der Waals surface area (Å²) < 4.78 is 25.5. The molecule has 96 valence electrons. The first-order valence-corrected chi connectivity index (χ1v) is 6.40. The molecule has 1 aromatic heterocycles. The molecule has 0 atom stereocenters. The monoisotopic (exact) mass is 261 g/mol. The summed E-state index contributed by atoms with van der Waals surface area (Å²) in [6.45, 7) is 4.88. The second-order valence-electron chi connectivity index (χ2n) is 3.95. The van der Waals surface area contributed by atoms with Gasteiger partial charge in [0.2, 0.25) is 10.0 Å². The van der Waals surface area contributed by atoms with E-state index in [1.807, 2.05) is 0 Å². The smallest absolute Gasteiger partial charge is 0.357 e. The minimum absolute atomic E-state index is 0.218. The molecule has 8 heteroatoms. The van der Waals surface area contributed by atoms with Gasteiger partial charge in [0.05, 0.1) is 5.69 Å². The highest BCUT2D eigenvalue weighted by Crippen LogP contribution is 2.22. The third-order valence-electron chi connectivity index (χ3n) is 2.46. The zero-order valence-corrected chi connectivity index (χ0v) is 10.9. The first kappa shape index (κ1) is 13.7. The number of H-pyrrole nitrogens is 1. The predicted molar refractivity (Wildman–Crippen MR) is 60.4 cm³/mol. The molecule has 1 rings (SSSR count). The van der Waals surface area contributed by atoms with Crippen molar-refractivity contribution < 1.29 is 18.3 Å². The standard InChI is InChI=1S/C9H15N3O4S/c1-5(2)12(4)17(15,16)8-6(3)10-11-7(8)9(13)14/h5H,1-4H3,(H,10,11)(H,13,14). The molecular formula is C9H15N3O4S. The molecule has 7 nitrogen and oxygen atoms in total. The van der Waals surface area contributed by atoms with E-state index in [1.54, 1.807) is 13.8 Å². The zero-order chi connectivity index (χ0) is 13.4. The highest BCUT2D eigenvalue weighted by atomic mass is 32.2. The van der Waals surface area contributed by atoms with Gasteiger partial charge >= 0.3 is 5.97 Å². The normalized spacial score (nSPS) is 12.4. The molecular weight excluding hydrogens is 246 g/mol. The van der Waals surface area contributed by atoms with Gasteiger partial charge in [0.1, 0.15) is 4.90 Å². The Kier molecular flexibility index (Phi) is 3.58. The third kappa shape index (κ3) is 2.32. The first-order chi connectivity index (χ1) is 7.69. The summed E-state index contributed by atoms with van der Waals surface area (Å²) in [5.74, 6) is -1.37. The second kappa shape index (κ2) is 4.46. The van der Waals surface area contributed by atoms with Crippen LogP contribution >= 0.6 is 0 Å². The van der Waals surface area contributed by atoms with E-state index in [9.17, 15) is 13.2 Å². The van der Waals surface area contributed by atoms with Gasteiger partial charge in [0.25, 0.3) is 0 Å². The van der Waals surface area contributed by atoms with Crippen molar-refractivity contribution in [1.82, 2.24) is 14.5 Å². The van der Waals surface area contributed by atoms with Crippen molar-refractivity contribution in [3.05, 3.63) is 11.4 Å². The highest BCUT2D eigenvalue weighted by Gasteiger charge is 2.32. The number of hydrogen-bond acceptors (Lipinski definition) is 4. The van der Waals surface area contributed by atoms with Crippen molar-refractivity contribution in [2.24, 2.45) is 0 Å². The summed E-state index contributed by atoms with van der Waals surface area (Å²) in [4.78, 5) is 10.6. The van der Waals surface area contributed by atoms with Crippen molar-refractivity contribution in [3.63, 3.8) is 0 Å². The number of aryl methyl sites for hydroxylation is 1. The number of sulfonamides is 1. The number of carboxylic acid groups (broad SMARTS) is 1. The average Bonchev–Trinajstić information content (AvgIpc) is 2.59. The van der Waals surface area contributed by atoms with Crippen LogP contribution in [0.4, 0.5) is 0 Å². The van der Waals surface area contributed by atoms with E-state index >= 15 is 0 Å². The van der Waals surface area contributed by atoms with E-state index in [4.69, 9.17) is 5.11 Å².